The largest absolute Gasteiger partial charge is 0.486 e. The standard InChI is InChI=1S/C26H27N3O5S/c30-26(29-10-8-28(9-11-29)19-7-14-35(31,32)17-19)21-16-23(27-22-4-2-1-3-20(21)22)18-5-6-24-25(15-18)34-13-12-33-24/h1-6,15-16,19H,7-14,17H2. The van der Waals surface area contributed by atoms with Crippen molar-refractivity contribution in [3.63, 3.8) is 0 Å². The lowest BCUT2D eigenvalue weighted by Crippen LogP contribution is -2.52. The van der Waals surface area contributed by atoms with Crippen LogP contribution in [0.4, 0.5) is 0 Å². The Morgan fingerprint density at radius 2 is 1.71 bits per heavy atom. The van der Waals surface area contributed by atoms with Crippen LogP contribution in [0.25, 0.3) is 22.2 Å². The van der Waals surface area contributed by atoms with Gasteiger partial charge in [0.15, 0.2) is 21.3 Å². The molecule has 3 aliphatic rings. The summed E-state index contributed by atoms with van der Waals surface area (Å²) >= 11 is 0. The first-order valence-corrected chi connectivity index (χ1v) is 13.8. The molecule has 0 N–H and O–H groups in total. The smallest absolute Gasteiger partial charge is 0.254 e. The van der Waals surface area contributed by atoms with Crippen molar-refractivity contribution in [3.05, 3.63) is 54.1 Å². The van der Waals surface area contributed by atoms with E-state index in [4.69, 9.17) is 14.5 Å². The summed E-state index contributed by atoms with van der Waals surface area (Å²) in [5.74, 6) is 1.87. The molecule has 4 heterocycles. The molecule has 9 heteroatoms. The van der Waals surface area contributed by atoms with Crippen LogP contribution in [0.5, 0.6) is 11.5 Å². The van der Waals surface area contributed by atoms with Gasteiger partial charge in [0.2, 0.25) is 0 Å². The molecule has 3 aliphatic heterocycles. The molecule has 1 amide bonds. The van der Waals surface area contributed by atoms with Crippen LogP contribution in [-0.4, -0.2) is 86.0 Å². The lowest BCUT2D eigenvalue weighted by molar-refractivity contribution is 0.0589. The maximum Gasteiger partial charge on any atom is 0.254 e. The Labute approximate surface area is 204 Å². The molecule has 182 valence electrons. The summed E-state index contributed by atoms with van der Waals surface area (Å²) in [4.78, 5) is 22.6. The van der Waals surface area contributed by atoms with Crippen LogP contribution in [0.15, 0.2) is 48.5 Å². The number of hydrogen-bond acceptors (Lipinski definition) is 7. The molecule has 1 atom stereocenters. The molecule has 0 radical (unpaired) electrons. The van der Waals surface area contributed by atoms with E-state index in [9.17, 15) is 13.2 Å². The Morgan fingerprint density at radius 3 is 2.49 bits per heavy atom. The summed E-state index contributed by atoms with van der Waals surface area (Å²) in [6.07, 6.45) is 0.685. The molecule has 3 aromatic rings. The van der Waals surface area contributed by atoms with Crippen molar-refractivity contribution in [1.29, 1.82) is 0 Å². The number of rotatable bonds is 3. The molecule has 2 aromatic carbocycles. The number of carbonyl (C=O) groups excluding carboxylic acids is 1. The van der Waals surface area contributed by atoms with Crippen LogP contribution in [0, 0.1) is 0 Å². The van der Waals surface area contributed by atoms with Gasteiger partial charge in [-0.15, -0.1) is 0 Å². The van der Waals surface area contributed by atoms with E-state index in [0.717, 1.165) is 16.5 Å². The maximum absolute atomic E-state index is 13.7. The third-order valence-electron chi connectivity index (χ3n) is 7.11. The molecule has 2 fully saturated rings. The molecular formula is C26H27N3O5S. The minimum Gasteiger partial charge on any atom is -0.486 e. The van der Waals surface area contributed by atoms with Crippen LogP contribution in [-0.2, 0) is 9.84 Å². The molecule has 0 aliphatic carbocycles. The third kappa shape index (κ3) is 4.34. The summed E-state index contributed by atoms with van der Waals surface area (Å²) in [5.41, 5.74) is 2.95. The van der Waals surface area contributed by atoms with Crippen molar-refractivity contribution in [2.45, 2.75) is 12.5 Å². The van der Waals surface area contributed by atoms with Crippen molar-refractivity contribution in [2.24, 2.45) is 0 Å². The van der Waals surface area contributed by atoms with E-state index in [1.165, 1.54) is 0 Å². The van der Waals surface area contributed by atoms with Gasteiger partial charge in [-0.05, 0) is 36.8 Å². The topological polar surface area (TPSA) is 89.0 Å². The van der Waals surface area contributed by atoms with Crippen molar-refractivity contribution in [2.75, 3.05) is 50.9 Å². The summed E-state index contributed by atoms with van der Waals surface area (Å²) in [6, 6.07) is 15.4. The number of benzene rings is 2. The van der Waals surface area contributed by atoms with Crippen LogP contribution in [0.2, 0.25) is 0 Å². The maximum atomic E-state index is 13.7. The van der Waals surface area contributed by atoms with Crippen molar-refractivity contribution in [1.82, 2.24) is 14.8 Å². The highest BCUT2D eigenvalue weighted by molar-refractivity contribution is 7.91. The van der Waals surface area contributed by atoms with E-state index in [2.05, 4.69) is 4.90 Å². The SMILES string of the molecule is O=C(c1cc(-c2ccc3c(c2)OCCO3)nc2ccccc12)N1CCN(C2CCS(=O)(=O)C2)CC1. The molecule has 0 spiro atoms. The molecule has 2 saturated heterocycles. The number of nitrogens with zero attached hydrogens (tertiary/aromatic N) is 3. The lowest BCUT2D eigenvalue weighted by atomic mass is 10.0. The van der Waals surface area contributed by atoms with Crippen LogP contribution >= 0.6 is 0 Å². The third-order valence-corrected chi connectivity index (χ3v) is 8.86. The van der Waals surface area contributed by atoms with E-state index in [1.807, 2.05) is 53.4 Å². The van der Waals surface area contributed by atoms with Crippen LogP contribution in [0.1, 0.15) is 16.8 Å². The summed E-state index contributed by atoms with van der Waals surface area (Å²) in [5, 5.41) is 0.822. The van der Waals surface area contributed by atoms with Gasteiger partial charge < -0.3 is 14.4 Å². The summed E-state index contributed by atoms with van der Waals surface area (Å²) < 4.78 is 35.1. The minimum absolute atomic E-state index is 0.0268. The lowest BCUT2D eigenvalue weighted by Gasteiger charge is -2.37. The van der Waals surface area contributed by atoms with Crippen molar-refractivity contribution >= 4 is 26.6 Å². The first-order chi connectivity index (χ1) is 17.0. The fraction of sp³-hybridized carbons (Fsp3) is 0.385. The second-order valence-electron chi connectivity index (χ2n) is 9.32. The fourth-order valence-electron chi connectivity index (χ4n) is 5.23. The van der Waals surface area contributed by atoms with E-state index < -0.39 is 9.84 Å². The number of hydrogen-bond donors (Lipinski definition) is 0. The molecule has 1 aromatic heterocycles. The van der Waals surface area contributed by atoms with E-state index in [-0.39, 0.29) is 23.5 Å². The molecule has 35 heavy (non-hydrogen) atoms. The molecule has 1 unspecified atom stereocenters. The Balaban J connectivity index is 1.28. The number of pyridine rings is 1. The van der Waals surface area contributed by atoms with Gasteiger partial charge in [-0.25, -0.2) is 13.4 Å². The number of amides is 1. The van der Waals surface area contributed by atoms with Gasteiger partial charge >= 0.3 is 0 Å². The predicted molar refractivity (Wildman–Crippen MR) is 133 cm³/mol. The molecule has 6 rings (SSSR count). The second kappa shape index (κ2) is 8.80. The summed E-state index contributed by atoms with van der Waals surface area (Å²) in [7, 11) is -2.92. The quantitative estimate of drug-likeness (QED) is 0.554. The number of sulfone groups is 1. The van der Waals surface area contributed by atoms with Crippen molar-refractivity contribution < 1.29 is 22.7 Å². The number of fused-ring (bicyclic) bond motifs is 2. The number of carbonyl (C=O) groups is 1. The number of para-hydroxylation sites is 1. The van der Waals surface area contributed by atoms with Gasteiger partial charge in [-0.1, -0.05) is 18.2 Å². The predicted octanol–water partition coefficient (Wildman–Crippen LogP) is 2.62. The molecule has 0 saturated carbocycles. The van der Waals surface area contributed by atoms with Gasteiger partial charge in [-0.2, -0.15) is 0 Å². The van der Waals surface area contributed by atoms with E-state index >= 15 is 0 Å². The Bertz CT molecular complexity index is 1400. The normalized spacial score (nSPS) is 21.8. The summed E-state index contributed by atoms with van der Waals surface area (Å²) in [6.45, 7) is 3.55. The zero-order chi connectivity index (χ0) is 24.0. The number of ether oxygens (including phenoxy) is 2. The zero-order valence-electron chi connectivity index (χ0n) is 19.4. The van der Waals surface area contributed by atoms with Gasteiger partial charge in [0.1, 0.15) is 13.2 Å². The zero-order valence-corrected chi connectivity index (χ0v) is 20.2. The molecular weight excluding hydrogens is 466 g/mol. The van der Waals surface area contributed by atoms with Crippen LogP contribution in [0.3, 0.4) is 0 Å². The van der Waals surface area contributed by atoms with E-state index in [1.54, 1.807) is 0 Å². The molecule has 0 bridgehead atoms. The highest BCUT2D eigenvalue weighted by Crippen LogP contribution is 2.35. The van der Waals surface area contributed by atoms with Crippen LogP contribution < -0.4 is 9.47 Å². The van der Waals surface area contributed by atoms with E-state index in [0.29, 0.717) is 68.6 Å². The first kappa shape index (κ1) is 22.3. The minimum atomic E-state index is -2.92. The second-order valence-corrected chi connectivity index (χ2v) is 11.5. The average Bonchev–Trinajstić information content (AvgIpc) is 3.27. The van der Waals surface area contributed by atoms with Crippen molar-refractivity contribution in [3.8, 4) is 22.8 Å². The number of piperazine rings is 1. The van der Waals surface area contributed by atoms with Gasteiger partial charge in [0, 0.05) is 43.2 Å². The molecule has 8 nitrogen and oxygen atoms in total. The highest BCUT2D eigenvalue weighted by atomic mass is 32.2. The fourth-order valence-corrected chi connectivity index (χ4v) is 6.99. The van der Waals surface area contributed by atoms with Gasteiger partial charge in [-0.3, -0.25) is 9.69 Å². The Morgan fingerprint density at radius 1 is 0.943 bits per heavy atom. The van der Waals surface area contributed by atoms with Gasteiger partial charge in [0.05, 0.1) is 28.3 Å². The first-order valence-electron chi connectivity index (χ1n) is 12.0. The highest BCUT2D eigenvalue weighted by Gasteiger charge is 2.34. The number of aromatic nitrogens is 1. The Kier molecular flexibility index (Phi) is 5.61. The Hall–Kier alpha value is -3.17. The van der Waals surface area contributed by atoms with Gasteiger partial charge in [0.25, 0.3) is 5.91 Å². The monoisotopic (exact) mass is 493 g/mol. The average molecular weight is 494 g/mol.